The highest BCUT2D eigenvalue weighted by Crippen LogP contribution is 2.11. The molecular formula is C23H26N2O2. The van der Waals surface area contributed by atoms with E-state index in [4.69, 9.17) is 4.74 Å². The summed E-state index contributed by atoms with van der Waals surface area (Å²) in [6.45, 7) is 1.42. The van der Waals surface area contributed by atoms with Gasteiger partial charge in [-0.15, -0.1) is 0 Å². The third-order valence-corrected chi connectivity index (χ3v) is 4.36. The monoisotopic (exact) mass is 362 g/mol. The van der Waals surface area contributed by atoms with E-state index in [1.807, 2.05) is 48.5 Å². The van der Waals surface area contributed by atoms with Gasteiger partial charge in [0.15, 0.2) is 0 Å². The van der Waals surface area contributed by atoms with E-state index in [1.54, 1.807) is 12.3 Å². The molecule has 3 rings (SSSR count). The topological polar surface area (TPSA) is 55.2 Å². The van der Waals surface area contributed by atoms with Crippen LogP contribution in [0.25, 0.3) is 17.1 Å². The average Bonchev–Trinajstić information content (AvgIpc) is 2.72. The Morgan fingerprint density at radius 2 is 1.70 bits per heavy atom. The molecule has 1 N–H and O–H groups in total. The number of benzene rings is 2. The smallest absolute Gasteiger partial charge is 0.0894 e. The number of fused-ring (bicyclic) bond motifs is 1. The van der Waals surface area contributed by atoms with Crippen molar-refractivity contribution >= 4 is 17.1 Å². The van der Waals surface area contributed by atoms with E-state index in [1.165, 1.54) is 5.56 Å². The van der Waals surface area contributed by atoms with Crippen molar-refractivity contribution in [3.8, 4) is 0 Å². The molecule has 0 unspecified atom stereocenters. The molecule has 4 heteroatoms. The molecule has 0 aliphatic carbocycles. The summed E-state index contributed by atoms with van der Waals surface area (Å²) in [4.78, 5) is 8.90. The predicted molar refractivity (Wildman–Crippen MR) is 109 cm³/mol. The second-order valence-corrected chi connectivity index (χ2v) is 6.60. The summed E-state index contributed by atoms with van der Waals surface area (Å²) in [7, 11) is 0. The first-order valence-electron chi connectivity index (χ1n) is 9.51. The van der Waals surface area contributed by atoms with Crippen LogP contribution in [-0.4, -0.2) is 27.8 Å². The summed E-state index contributed by atoms with van der Waals surface area (Å²) >= 11 is 0. The molecule has 3 aromatic rings. The molecule has 4 nitrogen and oxygen atoms in total. The lowest BCUT2D eigenvalue weighted by Crippen LogP contribution is -2.02. The Hall–Kier alpha value is -2.56. The average molecular weight is 362 g/mol. The largest absolute Gasteiger partial charge is 0.389 e. The summed E-state index contributed by atoms with van der Waals surface area (Å²) < 4.78 is 5.68. The number of rotatable bonds is 10. The van der Waals surface area contributed by atoms with Crippen LogP contribution in [0.2, 0.25) is 0 Å². The highest BCUT2D eigenvalue weighted by atomic mass is 16.5. The number of aliphatic hydroxyl groups is 1. The highest BCUT2D eigenvalue weighted by Gasteiger charge is 2.01. The van der Waals surface area contributed by atoms with E-state index < -0.39 is 6.10 Å². The predicted octanol–water partition coefficient (Wildman–Crippen LogP) is 4.78. The standard InChI is InChI=1S/C23H26N2O2/c26-21(11-5-2-8-16-27-18-19-9-3-1-4-10-19)15-14-20-17-24-22-12-6-7-13-23(22)25-20/h1,3-4,6-7,9-10,12-15,17,21,26H,2,5,8,11,16,18H2/b15-14+/t21-/m1/s1. The summed E-state index contributed by atoms with van der Waals surface area (Å²) in [6.07, 6.45) is 8.70. The van der Waals surface area contributed by atoms with Crippen LogP contribution < -0.4 is 0 Å². The van der Waals surface area contributed by atoms with E-state index in [-0.39, 0.29) is 0 Å². The number of hydrogen-bond acceptors (Lipinski definition) is 4. The van der Waals surface area contributed by atoms with Crippen LogP contribution in [0, 0.1) is 0 Å². The first-order chi connectivity index (χ1) is 13.3. The first kappa shape index (κ1) is 19.2. The lowest BCUT2D eigenvalue weighted by Gasteiger charge is -2.06. The molecular weight excluding hydrogens is 336 g/mol. The van der Waals surface area contributed by atoms with Crippen molar-refractivity contribution < 1.29 is 9.84 Å². The second kappa shape index (κ2) is 10.6. The van der Waals surface area contributed by atoms with Crippen molar-refractivity contribution in [1.82, 2.24) is 9.97 Å². The van der Waals surface area contributed by atoms with Crippen molar-refractivity contribution in [1.29, 1.82) is 0 Å². The molecule has 1 atom stereocenters. The Bertz CT molecular complexity index is 849. The Morgan fingerprint density at radius 1 is 0.926 bits per heavy atom. The number of aliphatic hydroxyl groups excluding tert-OH is 1. The van der Waals surface area contributed by atoms with Gasteiger partial charge in [-0.2, -0.15) is 0 Å². The molecule has 0 saturated heterocycles. The normalized spacial score (nSPS) is 12.6. The van der Waals surface area contributed by atoms with Crippen molar-refractivity contribution in [2.75, 3.05) is 6.61 Å². The van der Waals surface area contributed by atoms with Crippen molar-refractivity contribution in [2.24, 2.45) is 0 Å². The lowest BCUT2D eigenvalue weighted by molar-refractivity contribution is 0.115. The Morgan fingerprint density at radius 3 is 2.56 bits per heavy atom. The number of hydrogen-bond donors (Lipinski definition) is 1. The van der Waals surface area contributed by atoms with E-state index >= 15 is 0 Å². The number of para-hydroxylation sites is 2. The van der Waals surface area contributed by atoms with E-state index in [2.05, 4.69) is 22.1 Å². The molecule has 0 spiro atoms. The van der Waals surface area contributed by atoms with Crippen LogP contribution in [0.15, 0.2) is 66.9 Å². The molecule has 0 aliphatic heterocycles. The van der Waals surface area contributed by atoms with Crippen LogP contribution in [0.1, 0.15) is 36.9 Å². The van der Waals surface area contributed by atoms with Crippen molar-refractivity contribution in [2.45, 2.75) is 38.4 Å². The van der Waals surface area contributed by atoms with Gasteiger partial charge in [0.25, 0.3) is 0 Å². The van der Waals surface area contributed by atoms with Gasteiger partial charge in [-0.05, 0) is 36.6 Å². The second-order valence-electron chi connectivity index (χ2n) is 6.60. The van der Waals surface area contributed by atoms with Gasteiger partial charge in [0, 0.05) is 6.61 Å². The minimum absolute atomic E-state index is 0.455. The summed E-state index contributed by atoms with van der Waals surface area (Å²) in [5.74, 6) is 0. The van der Waals surface area contributed by atoms with E-state index in [9.17, 15) is 5.11 Å². The van der Waals surface area contributed by atoms with Gasteiger partial charge in [0.2, 0.25) is 0 Å². The maximum Gasteiger partial charge on any atom is 0.0894 e. The third kappa shape index (κ3) is 6.59. The zero-order valence-electron chi connectivity index (χ0n) is 15.5. The zero-order valence-corrected chi connectivity index (χ0v) is 15.5. The van der Waals surface area contributed by atoms with Crippen molar-refractivity contribution in [3.63, 3.8) is 0 Å². The van der Waals surface area contributed by atoms with Crippen molar-refractivity contribution in [3.05, 3.63) is 78.1 Å². The first-order valence-corrected chi connectivity index (χ1v) is 9.51. The Labute approximate surface area is 160 Å². The Balaban J connectivity index is 1.30. The number of unbranched alkanes of at least 4 members (excludes halogenated alkanes) is 2. The quantitative estimate of drug-likeness (QED) is 0.527. The van der Waals surface area contributed by atoms with Crippen LogP contribution in [0.3, 0.4) is 0 Å². The molecule has 0 bridgehead atoms. The van der Waals surface area contributed by atoms with Gasteiger partial charge < -0.3 is 9.84 Å². The highest BCUT2D eigenvalue weighted by molar-refractivity contribution is 5.74. The number of aromatic nitrogens is 2. The van der Waals surface area contributed by atoms with Gasteiger partial charge in [0.1, 0.15) is 0 Å². The van der Waals surface area contributed by atoms with E-state index in [0.717, 1.165) is 49.0 Å². The molecule has 140 valence electrons. The van der Waals surface area contributed by atoms with Crippen LogP contribution in [0.4, 0.5) is 0 Å². The minimum Gasteiger partial charge on any atom is -0.389 e. The summed E-state index contributed by atoms with van der Waals surface area (Å²) in [5.41, 5.74) is 3.71. The maximum absolute atomic E-state index is 10.1. The molecule has 2 aromatic carbocycles. The fraction of sp³-hybridized carbons (Fsp3) is 0.304. The van der Waals surface area contributed by atoms with Crippen LogP contribution >= 0.6 is 0 Å². The fourth-order valence-electron chi connectivity index (χ4n) is 2.86. The minimum atomic E-state index is -0.455. The van der Waals surface area contributed by atoms with Crippen LogP contribution in [0.5, 0.6) is 0 Å². The molecule has 27 heavy (non-hydrogen) atoms. The van der Waals surface area contributed by atoms with E-state index in [0.29, 0.717) is 6.61 Å². The lowest BCUT2D eigenvalue weighted by atomic mass is 10.1. The molecule has 0 aliphatic rings. The number of ether oxygens (including phenoxy) is 1. The van der Waals surface area contributed by atoms with Gasteiger partial charge in [0.05, 0.1) is 35.6 Å². The molecule has 0 amide bonds. The van der Waals surface area contributed by atoms with Gasteiger partial charge in [-0.1, -0.05) is 61.4 Å². The van der Waals surface area contributed by atoms with Gasteiger partial charge in [-0.3, -0.25) is 4.98 Å². The fourth-order valence-corrected chi connectivity index (χ4v) is 2.86. The third-order valence-electron chi connectivity index (χ3n) is 4.36. The summed E-state index contributed by atoms with van der Waals surface area (Å²) in [5, 5.41) is 10.1. The number of nitrogens with zero attached hydrogens (tertiary/aromatic N) is 2. The van der Waals surface area contributed by atoms with Crippen LogP contribution in [-0.2, 0) is 11.3 Å². The van der Waals surface area contributed by atoms with Gasteiger partial charge >= 0.3 is 0 Å². The molecule has 1 heterocycles. The maximum atomic E-state index is 10.1. The summed E-state index contributed by atoms with van der Waals surface area (Å²) in [6, 6.07) is 18.0. The Kier molecular flexibility index (Phi) is 7.51. The molecule has 1 aromatic heterocycles. The SMILES string of the molecule is O[C@@H](/C=C/c1cnc2ccccc2n1)CCCCCOCc1ccccc1. The molecule has 0 fully saturated rings. The zero-order chi connectivity index (χ0) is 18.7. The van der Waals surface area contributed by atoms with Gasteiger partial charge in [-0.25, -0.2) is 4.98 Å². The molecule has 0 saturated carbocycles. The molecule has 0 radical (unpaired) electrons.